The first-order chi connectivity index (χ1) is 6.52. The molecule has 0 bridgehead atoms. The van der Waals surface area contributed by atoms with E-state index in [0.29, 0.717) is 12.5 Å². The number of carbonyl (C=O) groups is 1. The van der Waals surface area contributed by atoms with Crippen molar-refractivity contribution in [3.05, 3.63) is 11.6 Å². The molecule has 0 aliphatic heterocycles. The zero-order valence-electron chi connectivity index (χ0n) is 9.34. The van der Waals surface area contributed by atoms with Gasteiger partial charge in [-0.05, 0) is 39.0 Å². The van der Waals surface area contributed by atoms with E-state index in [2.05, 4.69) is 32.2 Å². The molecule has 0 rings (SSSR count). The monoisotopic (exact) mass is 199 g/mol. The average molecular weight is 199 g/mol. The second kappa shape index (κ2) is 7.42. The van der Waals surface area contributed by atoms with Gasteiger partial charge < -0.3 is 10.4 Å². The second-order valence-corrected chi connectivity index (χ2v) is 3.98. The van der Waals surface area contributed by atoms with Crippen LogP contribution in [0.25, 0.3) is 0 Å². The van der Waals surface area contributed by atoms with Gasteiger partial charge in [0.1, 0.15) is 0 Å². The molecule has 0 heterocycles. The van der Waals surface area contributed by atoms with Gasteiger partial charge in [0.15, 0.2) is 0 Å². The van der Waals surface area contributed by atoms with Gasteiger partial charge in [-0.15, -0.1) is 0 Å². The molecule has 3 nitrogen and oxygen atoms in total. The van der Waals surface area contributed by atoms with Crippen LogP contribution in [0, 0.1) is 5.92 Å². The van der Waals surface area contributed by atoms with Crippen LogP contribution < -0.4 is 5.32 Å². The van der Waals surface area contributed by atoms with E-state index >= 15 is 0 Å². The number of allylic oxidation sites excluding steroid dienone is 2. The standard InChI is InChI=1S/C11H21NO2/c1-9(2)5-4-6-10(3)7-8-12-11(13)14/h5,10,12H,4,6-8H2,1-3H3,(H,13,14). The Morgan fingerprint density at radius 3 is 2.57 bits per heavy atom. The van der Waals surface area contributed by atoms with Crippen molar-refractivity contribution in [2.24, 2.45) is 5.92 Å². The third kappa shape index (κ3) is 9.10. The quantitative estimate of drug-likeness (QED) is 0.646. The van der Waals surface area contributed by atoms with Gasteiger partial charge in [0, 0.05) is 6.54 Å². The van der Waals surface area contributed by atoms with Crippen LogP contribution in [0.1, 0.15) is 40.0 Å². The first-order valence-corrected chi connectivity index (χ1v) is 5.12. The van der Waals surface area contributed by atoms with Crippen LogP contribution in [-0.4, -0.2) is 17.7 Å². The Morgan fingerprint density at radius 2 is 2.07 bits per heavy atom. The molecule has 0 aliphatic carbocycles. The summed E-state index contributed by atoms with van der Waals surface area (Å²) in [6.07, 6.45) is 4.44. The highest BCUT2D eigenvalue weighted by Gasteiger charge is 2.01. The summed E-state index contributed by atoms with van der Waals surface area (Å²) in [7, 11) is 0. The van der Waals surface area contributed by atoms with E-state index in [9.17, 15) is 4.79 Å². The van der Waals surface area contributed by atoms with Gasteiger partial charge in [-0.2, -0.15) is 0 Å². The summed E-state index contributed by atoms with van der Waals surface area (Å²) in [6, 6.07) is 0. The highest BCUT2D eigenvalue weighted by atomic mass is 16.4. The zero-order chi connectivity index (χ0) is 11.0. The fourth-order valence-electron chi connectivity index (χ4n) is 1.23. The summed E-state index contributed by atoms with van der Waals surface area (Å²) >= 11 is 0. The van der Waals surface area contributed by atoms with Crippen molar-refractivity contribution in [2.45, 2.75) is 40.0 Å². The molecule has 1 atom stereocenters. The van der Waals surface area contributed by atoms with E-state index in [4.69, 9.17) is 5.11 Å². The zero-order valence-corrected chi connectivity index (χ0v) is 9.34. The molecule has 0 aromatic carbocycles. The molecule has 14 heavy (non-hydrogen) atoms. The maximum atomic E-state index is 10.2. The van der Waals surface area contributed by atoms with Crippen LogP contribution in [0.15, 0.2) is 11.6 Å². The first kappa shape index (κ1) is 13.0. The van der Waals surface area contributed by atoms with Gasteiger partial charge in [-0.3, -0.25) is 0 Å². The first-order valence-electron chi connectivity index (χ1n) is 5.12. The number of amides is 1. The van der Waals surface area contributed by atoms with Crippen molar-refractivity contribution < 1.29 is 9.90 Å². The lowest BCUT2D eigenvalue weighted by atomic mass is 10.0. The fraction of sp³-hybridized carbons (Fsp3) is 0.727. The Labute approximate surface area is 86.2 Å². The third-order valence-corrected chi connectivity index (χ3v) is 2.13. The highest BCUT2D eigenvalue weighted by Crippen LogP contribution is 2.10. The molecule has 0 aliphatic rings. The topological polar surface area (TPSA) is 49.3 Å². The lowest BCUT2D eigenvalue weighted by Gasteiger charge is -2.09. The van der Waals surface area contributed by atoms with Crippen molar-refractivity contribution >= 4 is 6.09 Å². The highest BCUT2D eigenvalue weighted by molar-refractivity contribution is 5.64. The molecule has 82 valence electrons. The van der Waals surface area contributed by atoms with Crippen molar-refractivity contribution in [1.82, 2.24) is 5.32 Å². The molecule has 0 aromatic rings. The van der Waals surface area contributed by atoms with E-state index in [1.807, 2.05) is 0 Å². The van der Waals surface area contributed by atoms with Crippen LogP contribution in [0.5, 0.6) is 0 Å². The van der Waals surface area contributed by atoms with Crippen LogP contribution in [0.3, 0.4) is 0 Å². The van der Waals surface area contributed by atoms with Crippen LogP contribution in [-0.2, 0) is 0 Å². The third-order valence-electron chi connectivity index (χ3n) is 2.13. The van der Waals surface area contributed by atoms with Crippen molar-refractivity contribution in [1.29, 1.82) is 0 Å². The lowest BCUT2D eigenvalue weighted by Crippen LogP contribution is -2.23. The summed E-state index contributed by atoms with van der Waals surface area (Å²) in [5.74, 6) is 0.581. The molecule has 3 heteroatoms. The van der Waals surface area contributed by atoms with E-state index in [1.165, 1.54) is 5.57 Å². The van der Waals surface area contributed by atoms with Crippen LogP contribution >= 0.6 is 0 Å². The predicted octanol–water partition coefficient (Wildman–Crippen LogP) is 3.03. The summed E-state index contributed by atoms with van der Waals surface area (Å²) in [5.41, 5.74) is 1.35. The Bertz CT molecular complexity index is 195. The van der Waals surface area contributed by atoms with Crippen molar-refractivity contribution in [3.8, 4) is 0 Å². The molecule has 0 radical (unpaired) electrons. The summed E-state index contributed by atoms with van der Waals surface area (Å²) in [6.45, 7) is 6.90. The summed E-state index contributed by atoms with van der Waals surface area (Å²) in [5, 5.41) is 10.7. The van der Waals surface area contributed by atoms with E-state index < -0.39 is 6.09 Å². The molecule has 0 spiro atoms. The SMILES string of the molecule is CC(C)=CCCC(C)CCNC(=O)O. The number of carboxylic acid groups (broad SMARTS) is 1. The van der Waals surface area contributed by atoms with Crippen molar-refractivity contribution in [3.63, 3.8) is 0 Å². The molecule has 1 amide bonds. The van der Waals surface area contributed by atoms with Gasteiger partial charge in [-0.1, -0.05) is 18.6 Å². The smallest absolute Gasteiger partial charge is 0.404 e. The van der Waals surface area contributed by atoms with Gasteiger partial charge in [0.25, 0.3) is 0 Å². The Balaban J connectivity index is 3.41. The van der Waals surface area contributed by atoms with Gasteiger partial charge in [0.05, 0.1) is 0 Å². The van der Waals surface area contributed by atoms with Crippen LogP contribution in [0.2, 0.25) is 0 Å². The van der Waals surface area contributed by atoms with Gasteiger partial charge >= 0.3 is 6.09 Å². The maximum absolute atomic E-state index is 10.2. The molecule has 0 fully saturated rings. The molecule has 1 unspecified atom stereocenters. The Hall–Kier alpha value is -0.990. The lowest BCUT2D eigenvalue weighted by molar-refractivity contribution is 0.193. The number of hydrogen-bond donors (Lipinski definition) is 2. The van der Waals surface area contributed by atoms with E-state index in [-0.39, 0.29) is 0 Å². The molecule has 0 saturated carbocycles. The maximum Gasteiger partial charge on any atom is 0.404 e. The minimum atomic E-state index is -0.929. The molecular weight excluding hydrogens is 178 g/mol. The van der Waals surface area contributed by atoms with Crippen LogP contribution in [0.4, 0.5) is 4.79 Å². The molecule has 0 aromatic heterocycles. The van der Waals surface area contributed by atoms with Crippen molar-refractivity contribution in [2.75, 3.05) is 6.54 Å². The minimum Gasteiger partial charge on any atom is -0.465 e. The summed E-state index contributed by atoms with van der Waals surface area (Å²) in [4.78, 5) is 10.2. The largest absolute Gasteiger partial charge is 0.465 e. The Morgan fingerprint density at radius 1 is 1.43 bits per heavy atom. The van der Waals surface area contributed by atoms with E-state index in [0.717, 1.165) is 19.3 Å². The average Bonchev–Trinajstić information content (AvgIpc) is 2.02. The predicted molar refractivity (Wildman–Crippen MR) is 58.5 cm³/mol. The number of nitrogens with one attached hydrogen (secondary N) is 1. The second-order valence-electron chi connectivity index (χ2n) is 3.98. The Kier molecular flexibility index (Phi) is 6.89. The fourth-order valence-corrected chi connectivity index (χ4v) is 1.23. The molecular formula is C11H21NO2. The number of hydrogen-bond acceptors (Lipinski definition) is 1. The van der Waals surface area contributed by atoms with Gasteiger partial charge in [0.2, 0.25) is 0 Å². The van der Waals surface area contributed by atoms with Gasteiger partial charge in [-0.25, -0.2) is 4.79 Å². The molecule has 2 N–H and O–H groups in total. The minimum absolute atomic E-state index is 0.561. The normalized spacial score (nSPS) is 11.9. The number of rotatable bonds is 6. The van der Waals surface area contributed by atoms with E-state index in [1.54, 1.807) is 0 Å². The summed E-state index contributed by atoms with van der Waals surface area (Å²) < 4.78 is 0. The molecule has 0 saturated heterocycles.